The predicted molar refractivity (Wildman–Crippen MR) is 89.8 cm³/mol. The summed E-state index contributed by atoms with van der Waals surface area (Å²) in [7, 11) is 0. The van der Waals surface area contributed by atoms with E-state index < -0.39 is 6.04 Å². The average Bonchev–Trinajstić information content (AvgIpc) is 2.48. The molecule has 0 saturated heterocycles. The number of hydrogen-bond donors (Lipinski definition) is 1. The van der Waals surface area contributed by atoms with Crippen LogP contribution in [-0.2, 0) is 4.79 Å². The number of carbonyl (C=O) groups excluding carboxylic acids is 2. The fourth-order valence-electron chi connectivity index (χ4n) is 2.06. The lowest BCUT2D eigenvalue weighted by Crippen LogP contribution is -2.47. The molecule has 0 aliphatic carbocycles. The van der Waals surface area contributed by atoms with Gasteiger partial charge >= 0.3 is 0 Å². The summed E-state index contributed by atoms with van der Waals surface area (Å²) in [5, 5.41) is 2.74. The normalized spacial score (nSPS) is 11.4. The minimum Gasteiger partial charge on any atom is -0.341 e. The van der Waals surface area contributed by atoms with E-state index in [9.17, 15) is 9.59 Å². The van der Waals surface area contributed by atoms with Gasteiger partial charge in [0.25, 0.3) is 5.91 Å². The largest absolute Gasteiger partial charge is 0.341 e. The second kappa shape index (κ2) is 8.17. The summed E-state index contributed by atoms with van der Waals surface area (Å²) in [6, 6.07) is 4.89. The molecule has 1 rings (SSSR count). The van der Waals surface area contributed by atoms with E-state index in [1.54, 1.807) is 30.0 Å². The van der Waals surface area contributed by atoms with Crippen molar-refractivity contribution in [3.63, 3.8) is 0 Å². The van der Waals surface area contributed by atoms with Crippen molar-refractivity contribution in [2.75, 3.05) is 13.1 Å². The predicted octanol–water partition coefficient (Wildman–Crippen LogP) is 2.62. The van der Waals surface area contributed by atoms with E-state index in [1.807, 2.05) is 26.0 Å². The van der Waals surface area contributed by atoms with Gasteiger partial charge < -0.3 is 10.2 Å². The third-order valence-corrected chi connectivity index (χ3v) is 3.50. The van der Waals surface area contributed by atoms with E-state index >= 15 is 0 Å². The van der Waals surface area contributed by atoms with E-state index in [0.29, 0.717) is 18.7 Å². The number of hydrogen-bond acceptors (Lipinski definition) is 2. The zero-order valence-electron chi connectivity index (χ0n) is 13.6. The van der Waals surface area contributed by atoms with Crippen molar-refractivity contribution in [1.29, 1.82) is 0 Å². The Kier molecular flexibility index (Phi) is 6.57. The van der Waals surface area contributed by atoms with Gasteiger partial charge in [-0.15, -0.1) is 13.2 Å². The Morgan fingerprint density at radius 1 is 1.18 bits per heavy atom. The van der Waals surface area contributed by atoms with Gasteiger partial charge in [-0.1, -0.05) is 18.2 Å². The molecule has 0 spiro atoms. The number of nitrogens with one attached hydrogen (secondary N) is 1. The lowest BCUT2D eigenvalue weighted by molar-refractivity contribution is -0.131. The van der Waals surface area contributed by atoms with Gasteiger partial charge in [0, 0.05) is 18.7 Å². The van der Waals surface area contributed by atoms with Crippen LogP contribution in [0.2, 0.25) is 0 Å². The molecule has 0 bridgehead atoms. The Labute approximate surface area is 132 Å². The molecule has 0 radical (unpaired) electrons. The molecule has 118 valence electrons. The van der Waals surface area contributed by atoms with Crippen molar-refractivity contribution in [1.82, 2.24) is 10.2 Å². The number of amides is 2. The number of nitrogens with zero attached hydrogens (tertiary/aromatic N) is 1. The standard InChI is InChI=1S/C18H24N2O2/c1-6-10-20(11-7-2)18(22)15(5)19-17(21)16-9-8-13(3)14(4)12-16/h6-9,12,15H,1-2,10-11H2,3-5H3,(H,19,21). The van der Waals surface area contributed by atoms with E-state index in [4.69, 9.17) is 0 Å². The van der Waals surface area contributed by atoms with E-state index in [2.05, 4.69) is 18.5 Å². The van der Waals surface area contributed by atoms with Crippen LogP contribution < -0.4 is 5.32 Å². The smallest absolute Gasteiger partial charge is 0.251 e. The number of benzene rings is 1. The second-order valence-electron chi connectivity index (χ2n) is 5.31. The zero-order chi connectivity index (χ0) is 16.7. The van der Waals surface area contributed by atoms with Crippen molar-refractivity contribution >= 4 is 11.8 Å². The highest BCUT2D eigenvalue weighted by Crippen LogP contribution is 2.10. The third-order valence-electron chi connectivity index (χ3n) is 3.50. The van der Waals surface area contributed by atoms with Crippen LogP contribution in [0, 0.1) is 13.8 Å². The molecule has 4 heteroatoms. The van der Waals surface area contributed by atoms with Gasteiger partial charge in [0.1, 0.15) is 6.04 Å². The molecule has 1 atom stereocenters. The molecule has 0 heterocycles. The first-order valence-electron chi connectivity index (χ1n) is 7.29. The molecular weight excluding hydrogens is 276 g/mol. The van der Waals surface area contributed by atoms with Gasteiger partial charge in [0.15, 0.2) is 0 Å². The molecule has 1 N–H and O–H groups in total. The zero-order valence-corrected chi connectivity index (χ0v) is 13.6. The van der Waals surface area contributed by atoms with Crippen LogP contribution in [0.4, 0.5) is 0 Å². The maximum Gasteiger partial charge on any atom is 0.251 e. The highest BCUT2D eigenvalue weighted by atomic mass is 16.2. The third kappa shape index (κ3) is 4.58. The first-order chi connectivity index (χ1) is 10.4. The lowest BCUT2D eigenvalue weighted by Gasteiger charge is -2.24. The highest BCUT2D eigenvalue weighted by molar-refractivity contribution is 5.97. The topological polar surface area (TPSA) is 49.4 Å². The summed E-state index contributed by atoms with van der Waals surface area (Å²) in [5.74, 6) is -0.405. The quantitative estimate of drug-likeness (QED) is 0.787. The van der Waals surface area contributed by atoms with Crippen LogP contribution in [0.25, 0.3) is 0 Å². The SMILES string of the molecule is C=CCN(CC=C)C(=O)C(C)NC(=O)c1ccc(C)c(C)c1. The summed E-state index contributed by atoms with van der Waals surface area (Å²) in [4.78, 5) is 26.2. The van der Waals surface area contributed by atoms with Crippen LogP contribution in [0.15, 0.2) is 43.5 Å². The Morgan fingerprint density at radius 2 is 1.77 bits per heavy atom. The molecule has 4 nitrogen and oxygen atoms in total. The summed E-state index contributed by atoms with van der Waals surface area (Å²) in [5.41, 5.74) is 2.73. The molecule has 0 saturated carbocycles. The van der Waals surface area contributed by atoms with Crippen molar-refractivity contribution in [3.8, 4) is 0 Å². The maximum atomic E-state index is 12.3. The molecule has 0 aliphatic rings. The minimum atomic E-state index is -0.603. The summed E-state index contributed by atoms with van der Waals surface area (Å²) in [6.45, 7) is 13.7. The first-order valence-corrected chi connectivity index (χ1v) is 7.29. The Hall–Kier alpha value is -2.36. The first kappa shape index (κ1) is 17.7. The molecule has 0 aliphatic heterocycles. The highest BCUT2D eigenvalue weighted by Gasteiger charge is 2.21. The minimum absolute atomic E-state index is 0.156. The monoisotopic (exact) mass is 300 g/mol. The van der Waals surface area contributed by atoms with Crippen LogP contribution in [0.3, 0.4) is 0 Å². The molecule has 2 amide bonds. The van der Waals surface area contributed by atoms with Crippen molar-refractivity contribution in [3.05, 3.63) is 60.2 Å². The van der Waals surface area contributed by atoms with Gasteiger partial charge in [-0.3, -0.25) is 9.59 Å². The van der Waals surface area contributed by atoms with Crippen LogP contribution >= 0.6 is 0 Å². The fraction of sp³-hybridized carbons (Fsp3) is 0.333. The molecule has 22 heavy (non-hydrogen) atoms. The summed E-state index contributed by atoms with van der Waals surface area (Å²) < 4.78 is 0. The van der Waals surface area contributed by atoms with Crippen LogP contribution in [0.1, 0.15) is 28.4 Å². The van der Waals surface area contributed by atoms with E-state index in [0.717, 1.165) is 11.1 Å². The Morgan fingerprint density at radius 3 is 2.27 bits per heavy atom. The molecule has 0 fully saturated rings. The summed E-state index contributed by atoms with van der Waals surface area (Å²) in [6.07, 6.45) is 3.30. The van der Waals surface area contributed by atoms with Gasteiger partial charge in [0.05, 0.1) is 0 Å². The second-order valence-corrected chi connectivity index (χ2v) is 5.31. The molecular formula is C18H24N2O2. The van der Waals surface area contributed by atoms with Gasteiger partial charge in [0.2, 0.25) is 5.91 Å². The van der Waals surface area contributed by atoms with Crippen molar-refractivity contribution < 1.29 is 9.59 Å². The van der Waals surface area contributed by atoms with Crippen LogP contribution in [-0.4, -0.2) is 35.8 Å². The molecule has 0 aromatic heterocycles. The lowest BCUT2D eigenvalue weighted by atomic mass is 10.1. The average molecular weight is 300 g/mol. The molecule has 1 aromatic carbocycles. The Bertz CT molecular complexity index is 568. The van der Waals surface area contributed by atoms with Gasteiger partial charge in [-0.25, -0.2) is 0 Å². The summed E-state index contributed by atoms with van der Waals surface area (Å²) >= 11 is 0. The van der Waals surface area contributed by atoms with E-state index in [1.165, 1.54) is 0 Å². The Balaban J connectivity index is 2.77. The van der Waals surface area contributed by atoms with E-state index in [-0.39, 0.29) is 11.8 Å². The van der Waals surface area contributed by atoms with Crippen molar-refractivity contribution in [2.45, 2.75) is 26.8 Å². The van der Waals surface area contributed by atoms with Gasteiger partial charge in [-0.2, -0.15) is 0 Å². The number of aryl methyl sites for hydroxylation is 2. The fourth-order valence-corrected chi connectivity index (χ4v) is 2.06. The number of carbonyl (C=O) groups is 2. The molecule has 1 aromatic rings. The van der Waals surface area contributed by atoms with Crippen LogP contribution in [0.5, 0.6) is 0 Å². The van der Waals surface area contributed by atoms with Gasteiger partial charge in [-0.05, 0) is 44.0 Å². The van der Waals surface area contributed by atoms with Crippen molar-refractivity contribution in [2.24, 2.45) is 0 Å². The molecule has 1 unspecified atom stereocenters. The maximum absolute atomic E-state index is 12.3. The number of rotatable bonds is 7.